The van der Waals surface area contributed by atoms with Gasteiger partial charge in [0.1, 0.15) is 18.1 Å². The molecule has 0 fully saturated rings. The van der Waals surface area contributed by atoms with E-state index in [-0.39, 0.29) is 5.91 Å². The van der Waals surface area contributed by atoms with E-state index in [2.05, 4.69) is 5.32 Å². The van der Waals surface area contributed by atoms with Gasteiger partial charge in [0.05, 0.1) is 7.11 Å². The van der Waals surface area contributed by atoms with Gasteiger partial charge in [-0.2, -0.15) is 0 Å². The van der Waals surface area contributed by atoms with Gasteiger partial charge in [-0.1, -0.05) is 24.6 Å². The van der Waals surface area contributed by atoms with Crippen LogP contribution in [0.2, 0.25) is 5.02 Å². The normalized spacial score (nSPS) is 10.2. The predicted molar refractivity (Wildman–Crippen MR) is 91.4 cm³/mol. The number of amides is 1. The lowest BCUT2D eigenvalue weighted by atomic mass is 10.1. The van der Waals surface area contributed by atoms with Crippen molar-refractivity contribution in [2.24, 2.45) is 0 Å². The smallest absolute Gasteiger partial charge is 0.251 e. The fourth-order valence-corrected chi connectivity index (χ4v) is 2.27. The SMILES string of the molecule is CCCNC(=O)c1ccc(OC)c(COc2cccc(Cl)c2)c1. The van der Waals surface area contributed by atoms with E-state index in [1.807, 2.05) is 19.1 Å². The maximum Gasteiger partial charge on any atom is 0.251 e. The molecule has 0 radical (unpaired) electrons. The predicted octanol–water partition coefficient (Wildman–Crippen LogP) is 4.07. The van der Waals surface area contributed by atoms with Crippen LogP contribution in [0.1, 0.15) is 29.3 Å². The Morgan fingerprint density at radius 1 is 1.22 bits per heavy atom. The second-order valence-corrected chi connectivity index (χ2v) is 5.47. The summed E-state index contributed by atoms with van der Waals surface area (Å²) in [5.41, 5.74) is 1.39. The highest BCUT2D eigenvalue weighted by atomic mass is 35.5. The van der Waals surface area contributed by atoms with Gasteiger partial charge in [-0.05, 0) is 42.8 Å². The minimum Gasteiger partial charge on any atom is -0.496 e. The Morgan fingerprint density at radius 3 is 2.74 bits per heavy atom. The van der Waals surface area contributed by atoms with Crippen molar-refractivity contribution < 1.29 is 14.3 Å². The van der Waals surface area contributed by atoms with Crippen LogP contribution in [0.25, 0.3) is 0 Å². The van der Waals surface area contributed by atoms with E-state index >= 15 is 0 Å². The summed E-state index contributed by atoms with van der Waals surface area (Å²) in [6.07, 6.45) is 0.895. The second kappa shape index (κ2) is 8.44. The Bertz CT molecular complexity index is 673. The summed E-state index contributed by atoms with van der Waals surface area (Å²) in [6, 6.07) is 12.5. The van der Waals surface area contributed by atoms with Crippen LogP contribution in [0.4, 0.5) is 0 Å². The topological polar surface area (TPSA) is 47.6 Å². The van der Waals surface area contributed by atoms with Gasteiger partial charge in [-0.3, -0.25) is 4.79 Å². The average molecular weight is 334 g/mol. The molecule has 122 valence electrons. The first-order valence-corrected chi connectivity index (χ1v) is 7.85. The monoisotopic (exact) mass is 333 g/mol. The number of hydrogen-bond donors (Lipinski definition) is 1. The van der Waals surface area contributed by atoms with E-state index in [1.165, 1.54) is 0 Å². The molecule has 0 saturated heterocycles. The van der Waals surface area contributed by atoms with Gasteiger partial charge in [0.25, 0.3) is 5.91 Å². The van der Waals surface area contributed by atoms with E-state index in [0.717, 1.165) is 12.0 Å². The fourth-order valence-electron chi connectivity index (χ4n) is 2.09. The number of carbonyl (C=O) groups excluding carboxylic acids is 1. The number of benzene rings is 2. The van der Waals surface area contributed by atoms with Crippen LogP contribution >= 0.6 is 11.6 Å². The molecule has 2 aromatic rings. The molecule has 0 aliphatic rings. The van der Waals surface area contributed by atoms with E-state index < -0.39 is 0 Å². The molecular formula is C18H20ClNO3. The maximum atomic E-state index is 12.1. The molecule has 2 rings (SSSR count). The Hall–Kier alpha value is -2.20. The van der Waals surface area contributed by atoms with Crippen LogP contribution in [0, 0.1) is 0 Å². The van der Waals surface area contributed by atoms with Crippen LogP contribution in [0.15, 0.2) is 42.5 Å². The van der Waals surface area contributed by atoms with Gasteiger partial charge in [-0.15, -0.1) is 0 Å². The quantitative estimate of drug-likeness (QED) is 0.831. The zero-order valence-corrected chi connectivity index (χ0v) is 14.0. The minimum absolute atomic E-state index is 0.0986. The standard InChI is InChI=1S/C18H20ClNO3/c1-3-9-20-18(21)13-7-8-17(22-2)14(10-13)12-23-16-6-4-5-15(19)11-16/h4-8,10-11H,3,9,12H2,1-2H3,(H,20,21). The highest BCUT2D eigenvalue weighted by Gasteiger charge is 2.10. The van der Waals surface area contributed by atoms with Crippen molar-refractivity contribution in [1.29, 1.82) is 0 Å². The van der Waals surface area contributed by atoms with Gasteiger partial charge in [0, 0.05) is 22.7 Å². The molecule has 0 aromatic heterocycles. The number of methoxy groups -OCH3 is 1. The van der Waals surface area contributed by atoms with Crippen molar-refractivity contribution in [3.63, 3.8) is 0 Å². The molecule has 5 heteroatoms. The number of rotatable bonds is 7. The summed E-state index contributed by atoms with van der Waals surface area (Å²) in [5, 5.41) is 3.47. The van der Waals surface area contributed by atoms with Crippen LogP contribution in [-0.4, -0.2) is 19.6 Å². The average Bonchev–Trinajstić information content (AvgIpc) is 2.57. The van der Waals surface area contributed by atoms with Crippen molar-refractivity contribution in [3.05, 3.63) is 58.6 Å². The second-order valence-electron chi connectivity index (χ2n) is 5.03. The third kappa shape index (κ3) is 4.89. The van der Waals surface area contributed by atoms with E-state index in [1.54, 1.807) is 37.4 Å². The first-order chi connectivity index (χ1) is 11.1. The Morgan fingerprint density at radius 2 is 2.04 bits per heavy atom. The maximum absolute atomic E-state index is 12.1. The molecule has 0 unspecified atom stereocenters. The molecule has 1 amide bonds. The first kappa shape index (κ1) is 17.2. The zero-order valence-electron chi connectivity index (χ0n) is 13.3. The Balaban J connectivity index is 2.13. The molecule has 1 N–H and O–H groups in total. The third-order valence-electron chi connectivity index (χ3n) is 3.27. The first-order valence-electron chi connectivity index (χ1n) is 7.47. The van der Waals surface area contributed by atoms with Gasteiger partial charge in [0.2, 0.25) is 0 Å². The Labute approximate surface area is 141 Å². The molecule has 2 aromatic carbocycles. The lowest BCUT2D eigenvalue weighted by Gasteiger charge is -2.12. The third-order valence-corrected chi connectivity index (χ3v) is 3.50. The highest BCUT2D eigenvalue weighted by molar-refractivity contribution is 6.30. The summed E-state index contributed by atoms with van der Waals surface area (Å²) in [5.74, 6) is 1.25. The van der Waals surface area contributed by atoms with Crippen LogP contribution < -0.4 is 14.8 Å². The van der Waals surface area contributed by atoms with Crippen molar-refractivity contribution in [2.75, 3.05) is 13.7 Å². The summed E-state index contributed by atoms with van der Waals surface area (Å²) in [4.78, 5) is 12.1. The Kier molecular flexibility index (Phi) is 6.29. The molecule has 0 bridgehead atoms. The van der Waals surface area contributed by atoms with E-state index in [4.69, 9.17) is 21.1 Å². The van der Waals surface area contributed by atoms with Crippen molar-refractivity contribution in [1.82, 2.24) is 5.32 Å². The zero-order chi connectivity index (χ0) is 16.7. The molecule has 0 spiro atoms. The molecule has 23 heavy (non-hydrogen) atoms. The van der Waals surface area contributed by atoms with E-state index in [0.29, 0.717) is 35.2 Å². The lowest BCUT2D eigenvalue weighted by molar-refractivity contribution is 0.0953. The number of carbonyl (C=O) groups is 1. The van der Waals surface area contributed by atoms with Gasteiger partial charge < -0.3 is 14.8 Å². The van der Waals surface area contributed by atoms with Crippen molar-refractivity contribution in [3.8, 4) is 11.5 Å². The highest BCUT2D eigenvalue weighted by Crippen LogP contribution is 2.23. The number of ether oxygens (including phenoxy) is 2. The number of halogens is 1. The van der Waals surface area contributed by atoms with Gasteiger partial charge in [0.15, 0.2) is 0 Å². The fraction of sp³-hybridized carbons (Fsp3) is 0.278. The summed E-state index contributed by atoms with van der Waals surface area (Å²) >= 11 is 5.94. The molecule has 0 aliphatic carbocycles. The molecule has 4 nitrogen and oxygen atoms in total. The summed E-state index contributed by atoms with van der Waals surface area (Å²) < 4.78 is 11.1. The molecule has 0 aliphatic heterocycles. The van der Waals surface area contributed by atoms with Crippen LogP contribution in [0.3, 0.4) is 0 Å². The summed E-state index contributed by atoms with van der Waals surface area (Å²) in [6.45, 7) is 2.95. The lowest BCUT2D eigenvalue weighted by Crippen LogP contribution is -2.24. The van der Waals surface area contributed by atoms with Gasteiger partial charge >= 0.3 is 0 Å². The molecule has 0 heterocycles. The van der Waals surface area contributed by atoms with Crippen LogP contribution in [0.5, 0.6) is 11.5 Å². The molecular weight excluding hydrogens is 314 g/mol. The van der Waals surface area contributed by atoms with Crippen LogP contribution in [-0.2, 0) is 6.61 Å². The van der Waals surface area contributed by atoms with Crippen molar-refractivity contribution in [2.45, 2.75) is 20.0 Å². The molecule has 0 atom stereocenters. The van der Waals surface area contributed by atoms with Gasteiger partial charge in [-0.25, -0.2) is 0 Å². The number of nitrogens with one attached hydrogen (secondary N) is 1. The number of hydrogen-bond acceptors (Lipinski definition) is 3. The summed E-state index contributed by atoms with van der Waals surface area (Å²) in [7, 11) is 1.59. The minimum atomic E-state index is -0.0986. The largest absolute Gasteiger partial charge is 0.496 e. The van der Waals surface area contributed by atoms with Crippen molar-refractivity contribution >= 4 is 17.5 Å². The molecule has 0 saturated carbocycles. The van der Waals surface area contributed by atoms with E-state index in [9.17, 15) is 4.79 Å².